The van der Waals surface area contributed by atoms with Gasteiger partial charge < -0.3 is 5.11 Å². The minimum atomic E-state index is -0.273. The highest BCUT2D eigenvalue weighted by Crippen LogP contribution is 2.60. The van der Waals surface area contributed by atoms with Crippen molar-refractivity contribution in [2.24, 2.45) is 22.9 Å². The van der Waals surface area contributed by atoms with Gasteiger partial charge in [-0.05, 0) is 104 Å². The highest BCUT2D eigenvalue weighted by molar-refractivity contribution is 5.84. The predicted molar refractivity (Wildman–Crippen MR) is 106 cm³/mol. The van der Waals surface area contributed by atoms with Gasteiger partial charge in [-0.1, -0.05) is 6.07 Å². The molecule has 4 fully saturated rings. The predicted octanol–water partition coefficient (Wildman–Crippen LogP) is 5.45. The zero-order valence-electron chi connectivity index (χ0n) is 15.4. The van der Waals surface area contributed by atoms with Crippen LogP contribution in [0.25, 0.3) is 0 Å². The van der Waals surface area contributed by atoms with Crippen molar-refractivity contribution >= 4 is 11.9 Å². The van der Waals surface area contributed by atoms with Gasteiger partial charge in [0.05, 0.1) is 11.9 Å². The Morgan fingerprint density at radius 3 is 2.22 bits per heavy atom. The summed E-state index contributed by atoms with van der Waals surface area (Å²) in [6, 6.07) is 12.1. The van der Waals surface area contributed by atoms with E-state index in [2.05, 4.69) is 22.7 Å². The average molecular weight is 364 g/mol. The fourth-order valence-corrected chi connectivity index (χ4v) is 6.15. The fourth-order valence-electron chi connectivity index (χ4n) is 6.15. The molecule has 4 saturated carbocycles. The van der Waals surface area contributed by atoms with E-state index in [4.69, 9.17) is 0 Å². The summed E-state index contributed by atoms with van der Waals surface area (Å²) < 4.78 is 13.0. The highest BCUT2D eigenvalue weighted by Gasteiger charge is 2.51. The van der Waals surface area contributed by atoms with Crippen LogP contribution in [0.5, 0.6) is 5.75 Å². The number of phenols is 1. The van der Waals surface area contributed by atoms with Gasteiger partial charge in [-0.25, -0.2) is 4.39 Å². The molecular formula is C23H25FN2O. The van der Waals surface area contributed by atoms with Crippen LogP contribution in [0, 0.1) is 23.6 Å². The summed E-state index contributed by atoms with van der Waals surface area (Å²) in [6.45, 7) is 0. The third-order valence-corrected chi connectivity index (χ3v) is 6.92. The number of hydrogen-bond donors (Lipinski definition) is 2. The van der Waals surface area contributed by atoms with Crippen molar-refractivity contribution in [3.8, 4) is 5.75 Å². The second-order valence-corrected chi connectivity index (χ2v) is 8.85. The summed E-state index contributed by atoms with van der Waals surface area (Å²) in [5.74, 6) is 2.64. The van der Waals surface area contributed by atoms with Gasteiger partial charge in [0.25, 0.3) is 0 Å². The van der Waals surface area contributed by atoms with Crippen LogP contribution in [-0.4, -0.2) is 11.3 Å². The lowest BCUT2D eigenvalue weighted by Crippen LogP contribution is -2.48. The molecule has 2 aromatic rings. The van der Waals surface area contributed by atoms with E-state index in [-0.39, 0.29) is 11.6 Å². The molecule has 0 unspecified atom stereocenters. The Kier molecular flexibility index (Phi) is 3.96. The average Bonchev–Trinajstić information content (AvgIpc) is 2.63. The minimum Gasteiger partial charge on any atom is -0.507 e. The minimum absolute atomic E-state index is 0.244. The highest BCUT2D eigenvalue weighted by atomic mass is 19.1. The molecule has 27 heavy (non-hydrogen) atoms. The van der Waals surface area contributed by atoms with E-state index in [1.165, 1.54) is 56.2 Å². The maximum Gasteiger partial charge on any atom is 0.124 e. The Bertz CT molecular complexity index is 839. The molecule has 4 aliphatic carbocycles. The summed E-state index contributed by atoms with van der Waals surface area (Å²) in [7, 11) is 0. The van der Waals surface area contributed by atoms with E-state index in [0.29, 0.717) is 11.1 Å². The van der Waals surface area contributed by atoms with Gasteiger partial charge in [0.1, 0.15) is 11.6 Å². The summed E-state index contributed by atoms with van der Waals surface area (Å²) >= 11 is 0. The fraction of sp³-hybridized carbons (Fsp3) is 0.435. The lowest BCUT2D eigenvalue weighted by atomic mass is 9.48. The van der Waals surface area contributed by atoms with E-state index in [0.717, 1.165) is 23.3 Å². The second kappa shape index (κ2) is 6.36. The molecule has 140 valence electrons. The Morgan fingerprint density at radius 1 is 0.963 bits per heavy atom. The van der Waals surface area contributed by atoms with E-state index >= 15 is 0 Å². The molecule has 4 aliphatic rings. The third kappa shape index (κ3) is 3.11. The van der Waals surface area contributed by atoms with Crippen LogP contribution in [0.4, 0.5) is 10.1 Å². The summed E-state index contributed by atoms with van der Waals surface area (Å²) in [5, 5.41) is 14.5. The topological polar surface area (TPSA) is 44.6 Å². The zero-order chi connectivity index (χ0) is 18.4. The van der Waals surface area contributed by atoms with E-state index in [1.54, 1.807) is 18.3 Å². The Hall–Kier alpha value is -2.36. The van der Waals surface area contributed by atoms with Crippen molar-refractivity contribution in [2.45, 2.75) is 43.9 Å². The van der Waals surface area contributed by atoms with Crippen molar-refractivity contribution in [3.63, 3.8) is 0 Å². The second-order valence-electron chi connectivity index (χ2n) is 8.85. The molecule has 4 heteroatoms. The number of nitrogens with zero attached hydrogens (tertiary/aromatic N) is 1. The first kappa shape index (κ1) is 16.8. The maximum absolute atomic E-state index is 13.0. The van der Waals surface area contributed by atoms with Crippen molar-refractivity contribution in [2.75, 3.05) is 5.43 Å². The zero-order valence-corrected chi connectivity index (χ0v) is 15.4. The first-order valence-electron chi connectivity index (χ1n) is 9.98. The van der Waals surface area contributed by atoms with Crippen LogP contribution in [-0.2, 0) is 5.41 Å². The Labute approximate surface area is 159 Å². The summed E-state index contributed by atoms with van der Waals surface area (Å²) in [6.07, 6.45) is 9.83. The van der Waals surface area contributed by atoms with Crippen molar-refractivity contribution in [1.29, 1.82) is 0 Å². The molecule has 0 radical (unpaired) electrons. The van der Waals surface area contributed by atoms with Crippen molar-refractivity contribution in [1.82, 2.24) is 0 Å². The molecule has 0 amide bonds. The molecular weight excluding hydrogens is 339 g/mol. The number of hydrazone groups is 1. The van der Waals surface area contributed by atoms with Gasteiger partial charge in [0, 0.05) is 5.56 Å². The number of aromatic hydroxyl groups is 1. The molecule has 0 aliphatic heterocycles. The molecule has 4 bridgehead atoms. The molecule has 0 aromatic heterocycles. The van der Waals surface area contributed by atoms with Crippen molar-refractivity contribution < 1.29 is 9.50 Å². The molecule has 0 heterocycles. The maximum atomic E-state index is 13.0. The number of benzene rings is 2. The third-order valence-electron chi connectivity index (χ3n) is 6.92. The van der Waals surface area contributed by atoms with Crippen LogP contribution in [0.3, 0.4) is 0 Å². The molecule has 6 rings (SSSR count). The molecule has 2 aromatic carbocycles. The first-order valence-corrected chi connectivity index (χ1v) is 9.98. The molecule has 0 saturated heterocycles. The van der Waals surface area contributed by atoms with Crippen LogP contribution in [0.1, 0.15) is 49.7 Å². The van der Waals surface area contributed by atoms with Crippen LogP contribution in [0.15, 0.2) is 47.6 Å². The number of halogens is 1. The normalized spacial score (nSPS) is 31.5. The summed E-state index contributed by atoms with van der Waals surface area (Å²) in [4.78, 5) is 0. The molecule has 0 spiro atoms. The Balaban J connectivity index is 1.38. The smallest absolute Gasteiger partial charge is 0.124 e. The van der Waals surface area contributed by atoms with Crippen LogP contribution >= 0.6 is 0 Å². The van der Waals surface area contributed by atoms with Gasteiger partial charge in [0.15, 0.2) is 0 Å². The molecule has 2 N–H and O–H groups in total. The van der Waals surface area contributed by atoms with Gasteiger partial charge in [0.2, 0.25) is 0 Å². The standard InChI is InChI=1S/C23H25FN2O/c24-20-2-4-21(5-3-20)26-25-14-18-10-19(1-6-22(18)27)23-11-15-7-16(12-23)9-17(8-15)13-23/h1-6,10,14-17,26-27H,7-9,11-13H2. The lowest BCUT2D eigenvalue weighted by Gasteiger charge is -2.57. The number of rotatable bonds is 4. The van der Waals surface area contributed by atoms with Crippen molar-refractivity contribution in [3.05, 3.63) is 59.4 Å². The SMILES string of the molecule is Oc1ccc(C23CC4CC(CC(C4)C2)C3)cc1C=NNc1ccc(F)cc1. The van der Waals surface area contributed by atoms with Gasteiger partial charge in [-0.3, -0.25) is 5.43 Å². The largest absolute Gasteiger partial charge is 0.507 e. The van der Waals surface area contributed by atoms with E-state index < -0.39 is 0 Å². The number of phenolic OH excluding ortho intramolecular Hbond substituents is 1. The van der Waals surface area contributed by atoms with Crippen LogP contribution < -0.4 is 5.43 Å². The Morgan fingerprint density at radius 2 is 1.59 bits per heavy atom. The molecule has 0 atom stereocenters. The summed E-state index contributed by atoms with van der Waals surface area (Å²) in [5.41, 5.74) is 6.01. The lowest BCUT2D eigenvalue weighted by molar-refractivity contribution is -0.00520. The van der Waals surface area contributed by atoms with Gasteiger partial charge in [-0.15, -0.1) is 0 Å². The quantitative estimate of drug-likeness (QED) is 0.560. The van der Waals surface area contributed by atoms with Crippen LogP contribution in [0.2, 0.25) is 0 Å². The first-order chi connectivity index (χ1) is 13.1. The van der Waals surface area contributed by atoms with Gasteiger partial charge in [-0.2, -0.15) is 5.10 Å². The number of nitrogens with one attached hydrogen (secondary N) is 1. The monoisotopic (exact) mass is 364 g/mol. The van der Waals surface area contributed by atoms with Gasteiger partial charge >= 0.3 is 0 Å². The molecule has 3 nitrogen and oxygen atoms in total. The number of hydrogen-bond acceptors (Lipinski definition) is 3. The number of anilines is 1. The van der Waals surface area contributed by atoms with E-state index in [9.17, 15) is 9.50 Å². The van der Waals surface area contributed by atoms with E-state index in [1.807, 2.05) is 6.07 Å².